The molecule has 2 rings (SSSR count). The lowest BCUT2D eigenvalue weighted by Gasteiger charge is -2.14. The molecule has 0 aliphatic carbocycles. The third kappa shape index (κ3) is 2.64. The Morgan fingerprint density at radius 1 is 1.25 bits per heavy atom. The average Bonchev–Trinajstić information content (AvgIpc) is 2.66. The van der Waals surface area contributed by atoms with Crippen LogP contribution in [0.5, 0.6) is 0 Å². The van der Waals surface area contributed by atoms with Gasteiger partial charge in [-0.25, -0.2) is 4.98 Å². The van der Waals surface area contributed by atoms with E-state index in [0.29, 0.717) is 0 Å². The van der Waals surface area contributed by atoms with E-state index in [2.05, 4.69) is 20.0 Å². The highest BCUT2D eigenvalue weighted by atomic mass is 15.3. The number of aromatic nitrogens is 4. The molecule has 0 spiro atoms. The smallest absolute Gasteiger partial charge is 0.140 e. The maximum atomic E-state index is 4.29. The molecule has 0 aromatic carbocycles. The fourth-order valence-electron chi connectivity index (χ4n) is 1.53. The number of pyridine rings is 1. The lowest BCUT2D eigenvalue weighted by molar-refractivity contribution is 0.301. The first-order valence-electron chi connectivity index (χ1n) is 5.17. The van der Waals surface area contributed by atoms with Gasteiger partial charge in [0.05, 0.1) is 12.2 Å². The Labute approximate surface area is 94.8 Å². The van der Waals surface area contributed by atoms with E-state index in [1.54, 1.807) is 11.0 Å². The quantitative estimate of drug-likeness (QED) is 0.761. The van der Waals surface area contributed by atoms with E-state index >= 15 is 0 Å². The molecule has 0 unspecified atom stereocenters. The Hall–Kier alpha value is -1.75. The molecule has 0 bridgehead atoms. The molecule has 16 heavy (non-hydrogen) atoms. The first kappa shape index (κ1) is 10.8. The molecule has 0 saturated heterocycles. The van der Waals surface area contributed by atoms with Gasteiger partial charge in [0.25, 0.3) is 0 Å². The molecule has 2 aromatic heterocycles. The highest BCUT2D eigenvalue weighted by Crippen LogP contribution is 2.02. The van der Waals surface area contributed by atoms with Crippen molar-refractivity contribution < 1.29 is 0 Å². The lowest BCUT2D eigenvalue weighted by atomic mass is 10.3. The second kappa shape index (κ2) is 4.85. The Morgan fingerprint density at radius 3 is 2.75 bits per heavy atom. The molecular weight excluding hydrogens is 202 g/mol. The van der Waals surface area contributed by atoms with Gasteiger partial charge in [-0.15, -0.1) is 0 Å². The Bertz CT molecular complexity index is 437. The lowest BCUT2D eigenvalue weighted by Crippen LogP contribution is -2.20. The van der Waals surface area contributed by atoms with Crippen molar-refractivity contribution in [1.82, 2.24) is 24.6 Å². The van der Waals surface area contributed by atoms with Crippen molar-refractivity contribution in [1.29, 1.82) is 0 Å². The van der Waals surface area contributed by atoms with Gasteiger partial charge >= 0.3 is 0 Å². The van der Waals surface area contributed by atoms with Gasteiger partial charge in [0.1, 0.15) is 12.2 Å². The number of nitrogens with zero attached hydrogens (tertiary/aromatic N) is 5. The zero-order valence-corrected chi connectivity index (χ0v) is 9.54. The summed E-state index contributed by atoms with van der Waals surface area (Å²) in [6, 6.07) is 5.94. The molecule has 5 nitrogen and oxygen atoms in total. The minimum absolute atomic E-state index is 0.771. The number of hydrogen-bond donors (Lipinski definition) is 0. The van der Waals surface area contributed by atoms with Gasteiger partial charge in [-0.05, 0) is 19.2 Å². The zero-order valence-electron chi connectivity index (χ0n) is 9.54. The van der Waals surface area contributed by atoms with Crippen LogP contribution in [0.15, 0.2) is 30.7 Å². The zero-order chi connectivity index (χ0) is 11.4. The minimum Gasteiger partial charge on any atom is -0.293 e. The third-order valence-electron chi connectivity index (χ3n) is 2.37. The number of rotatable bonds is 4. The summed E-state index contributed by atoms with van der Waals surface area (Å²) in [6.45, 7) is 1.58. The Morgan fingerprint density at radius 2 is 2.12 bits per heavy atom. The van der Waals surface area contributed by atoms with E-state index in [1.165, 1.54) is 0 Å². The standard InChI is InChI=1S/C11H15N5/c1-15(7-10-5-3-4-6-12-10)8-11-13-9-14-16(11)2/h3-6,9H,7-8H2,1-2H3. The van der Waals surface area contributed by atoms with Crippen LogP contribution in [0.1, 0.15) is 11.5 Å². The minimum atomic E-state index is 0.771. The molecule has 5 heteroatoms. The van der Waals surface area contributed by atoms with Crippen molar-refractivity contribution in [2.75, 3.05) is 7.05 Å². The van der Waals surface area contributed by atoms with Gasteiger partial charge in [0.15, 0.2) is 0 Å². The molecule has 2 aromatic rings. The van der Waals surface area contributed by atoms with Crippen LogP contribution in [0.2, 0.25) is 0 Å². The summed E-state index contributed by atoms with van der Waals surface area (Å²) in [7, 11) is 3.94. The summed E-state index contributed by atoms with van der Waals surface area (Å²) in [5, 5.41) is 4.04. The number of hydrogen-bond acceptors (Lipinski definition) is 4. The topological polar surface area (TPSA) is 46.8 Å². The fourth-order valence-corrected chi connectivity index (χ4v) is 1.53. The second-order valence-corrected chi connectivity index (χ2v) is 3.79. The van der Waals surface area contributed by atoms with Crippen LogP contribution in [0.3, 0.4) is 0 Å². The van der Waals surface area contributed by atoms with E-state index in [-0.39, 0.29) is 0 Å². The van der Waals surface area contributed by atoms with Crippen molar-refractivity contribution in [3.05, 3.63) is 42.2 Å². The third-order valence-corrected chi connectivity index (χ3v) is 2.37. The summed E-state index contributed by atoms with van der Waals surface area (Å²) in [4.78, 5) is 10.6. The predicted octanol–water partition coefficient (Wildman–Crippen LogP) is 0.842. The second-order valence-electron chi connectivity index (χ2n) is 3.79. The summed E-state index contributed by atoms with van der Waals surface area (Å²) >= 11 is 0. The summed E-state index contributed by atoms with van der Waals surface area (Å²) < 4.78 is 1.79. The van der Waals surface area contributed by atoms with Crippen LogP contribution < -0.4 is 0 Å². The van der Waals surface area contributed by atoms with E-state index in [1.807, 2.05) is 38.5 Å². The van der Waals surface area contributed by atoms with Crippen LogP contribution in [0.25, 0.3) is 0 Å². The molecule has 0 radical (unpaired) electrons. The molecule has 84 valence electrons. The van der Waals surface area contributed by atoms with Crippen LogP contribution in [-0.2, 0) is 20.1 Å². The summed E-state index contributed by atoms with van der Waals surface area (Å²) in [5.74, 6) is 0.957. The van der Waals surface area contributed by atoms with Gasteiger partial charge in [0, 0.05) is 19.8 Å². The summed E-state index contributed by atoms with van der Waals surface area (Å²) in [6.07, 6.45) is 3.38. The van der Waals surface area contributed by atoms with Crippen molar-refractivity contribution in [3.63, 3.8) is 0 Å². The van der Waals surface area contributed by atoms with Crippen LogP contribution >= 0.6 is 0 Å². The first-order valence-corrected chi connectivity index (χ1v) is 5.17. The van der Waals surface area contributed by atoms with E-state index in [4.69, 9.17) is 0 Å². The average molecular weight is 217 g/mol. The molecule has 0 atom stereocenters. The normalized spacial score (nSPS) is 10.9. The van der Waals surface area contributed by atoms with E-state index in [9.17, 15) is 0 Å². The van der Waals surface area contributed by atoms with E-state index < -0.39 is 0 Å². The Kier molecular flexibility index (Phi) is 3.26. The largest absolute Gasteiger partial charge is 0.293 e. The van der Waals surface area contributed by atoms with Gasteiger partial charge < -0.3 is 0 Å². The van der Waals surface area contributed by atoms with Crippen LogP contribution in [0.4, 0.5) is 0 Å². The monoisotopic (exact) mass is 217 g/mol. The molecule has 0 aliphatic rings. The molecular formula is C11H15N5. The van der Waals surface area contributed by atoms with Gasteiger partial charge in [0.2, 0.25) is 0 Å². The molecule has 2 heterocycles. The maximum Gasteiger partial charge on any atom is 0.140 e. The summed E-state index contributed by atoms with van der Waals surface area (Å²) in [5.41, 5.74) is 1.06. The first-order chi connectivity index (χ1) is 7.75. The van der Waals surface area contributed by atoms with Crippen molar-refractivity contribution in [3.8, 4) is 0 Å². The fraction of sp³-hybridized carbons (Fsp3) is 0.364. The molecule has 0 fully saturated rings. The molecule has 0 N–H and O–H groups in total. The van der Waals surface area contributed by atoms with Gasteiger partial charge in [-0.3, -0.25) is 14.6 Å². The van der Waals surface area contributed by atoms with Crippen molar-refractivity contribution in [2.45, 2.75) is 13.1 Å². The molecule has 0 aliphatic heterocycles. The van der Waals surface area contributed by atoms with Crippen LogP contribution in [0, 0.1) is 0 Å². The van der Waals surface area contributed by atoms with Crippen molar-refractivity contribution >= 4 is 0 Å². The van der Waals surface area contributed by atoms with E-state index in [0.717, 1.165) is 24.6 Å². The van der Waals surface area contributed by atoms with Gasteiger partial charge in [-0.2, -0.15) is 5.10 Å². The van der Waals surface area contributed by atoms with Crippen molar-refractivity contribution in [2.24, 2.45) is 7.05 Å². The number of aryl methyl sites for hydroxylation is 1. The SMILES string of the molecule is CN(Cc1ccccn1)Cc1ncnn1C. The highest BCUT2D eigenvalue weighted by Gasteiger charge is 2.06. The molecule has 0 saturated carbocycles. The maximum absolute atomic E-state index is 4.29. The predicted molar refractivity (Wildman–Crippen MR) is 60.4 cm³/mol. The van der Waals surface area contributed by atoms with Crippen LogP contribution in [-0.4, -0.2) is 31.7 Å². The molecule has 0 amide bonds. The Balaban J connectivity index is 1.95. The highest BCUT2D eigenvalue weighted by molar-refractivity contribution is 5.03. The van der Waals surface area contributed by atoms with Gasteiger partial charge in [-0.1, -0.05) is 6.07 Å².